The topological polar surface area (TPSA) is 104 Å². The lowest BCUT2D eigenvalue weighted by Gasteiger charge is -2.11. The Bertz CT molecular complexity index is 947. The first-order chi connectivity index (χ1) is 13.5. The van der Waals surface area contributed by atoms with Crippen LogP contribution in [-0.4, -0.2) is 39.1 Å². The van der Waals surface area contributed by atoms with Crippen LogP contribution in [0.5, 0.6) is 11.5 Å². The van der Waals surface area contributed by atoms with Gasteiger partial charge in [0.25, 0.3) is 5.91 Å². The third-order valence-electron chi connectivity index (χ3n) is 3.81. The van der Waals surface area contributed by atoms with Gasteiger partial charge in [-0.3, -0.25) is 14.8 Å². The number of ether oxygens (including phenoxy) is 2. The van der Waals surface area contributed by atoms with Gasteiger partial charge in [0.15, 0.2) is 17.2 Å². The molecule has 0 aliphatic rings. The molecule has 28 heavy (non-hydrogen) atoms. The van der Waals surface area contributed by atoms with Crippen LogP contribution in [0.2, 0.25) is 0 Å². The van der Waals surface area contributed by atoms with Gasteiger partial charge in [-0.25, -0.2) is 0 Å². The fourth-order valence-corrected chi connectivity index (χ4v) is 2.48. The second-order valence-electron chi connectivity index (χ2n) is 6.17. The summed E-state index contributed by atoms with van der Waals surface area (Å²) in [6.45, 7) is 8.78. The first-order valence-corrected chi connectivity index (χ1v) is 9.11. The summed E-state index contributed by atoms with van der Waals surface area (Å²) in [4.78, 5) is 12.3. The summed E-state index contributed by atoms with van der Waals surface area (Å²) >= 11 is 0. The normalized spacial score (nSPS) is 10.9. The Balaban J connectivity index is 1.76. The highest BCUT2D eigenvalue weighted by molar-refractivity contribution is 6.01. The van der Waals surface area contributed by atoms with E-state index in [1.165, 1.54) is 0 Å². The average molecular weight is 385 g/mol. The number of rotatable bonds is 8. The zero-order chi connectivity index (χ0) is 20.1. The molecule has 0 radical (unpaired) electrons. The van der Waals surface area contributed by atoms with Gasteiger partial charge in [0.1, 0.15) is 0 Å². The van der Waals surface area contributed by atoms with Gasteiger partial charge < -0.3 is 13.9 Å². The zero-order valence-corrected chi connectivity index (χ0v) is 16.3. The Labute approximate surface area is 162 Å². The van der Waals surface area contributed by atoms with E-state index >= 15 is 0 Å². The Morgan fingerprint density at radius 1 is 1.14 bits per heavy atom. The first kappa shape index (κ1) is 19.4. The molecule has 0 atom stereocenters. The van der Waals surface area contributed by atoms with Crippen molar-refractivity contribution in [1.29, 1.82) is 0 Å². The molecule has 1 N–H and O–H groups in total. The molecule has 0 aliphatic heterocycles. The highest BCUT2D eigenvalue weighted by Crippen LogP contribution is 2.32. The predicted molar refractivity (Wildman–Crippen MR) is 103 cm³/mol. The molecule has 1 amide bonds. The van der Waals surface area contributed by atoms with Crippen molar-refractivity contribution in [3.8, 4) is 23.0 Å². The van der Waals surface area contributed by atoms with Gasteiger partial charge in [-0.1, -0.05) is 5.10 Å². The summed E-state index contributed by atoms with van der Waals surface area (Å²) in [6, 6.07) is 7.12. The lowest BCUT2D eigenvalue weighted by atomic mass is 10.2. The van der Waals surface area contributed by atoms with Crippen LogP contribution in [0, 0.1) is 0 Å². The molecule has 0 saturated heterocycles. The number of carbonyl (C=O) groups excluding carboxylic acids is 1. The van der Waals surface area contributed by atoms with E-state index in [0.717, 1.165) is 0 Å². The molecule has 148 valence electrons. The number of carbonyl (C=O) groups is 1. The van der Waals surface area contributed by atoms with Gasteiger partial charge in [-0.2, -0.15) is 5.10 Å². The van der Waals surface area contributed by atoms with Crippen LogP contribution in [0.4, 0.5) is 6.01 Å². The zero-order valence-electron chi connectivity index (χ0n) is 16.3. The Morgan fingerprint density at radius 2 is 1.89 bits per heavy atom. The van der Waals surface area contributed by atoms with Crippen molar-refractivity contribution in [3.63, 3.8) is 0 Å². The van der Waals surface area contributed by atoms with E-state index in [9.17, 15) is 4.79 Å². The molecule has 0 unspecified atom stereocenters. The number of amides is 1. The molecule has 3 rings (SSSR count). The van der Waals surface area contributed by atoms with Crippen molar-refractivity contribution in [3.05, 3.63) is 36.2 Å². The standard InChI is InChI=1S/C19H23N5O4/c1-5-26-15-8-7-13(11-16(15)27-6-2)18-21-22-19(28-18)20-17(25)14-9-10-24(23-14)12(3)4/h7-12H,5-6H2,1-4H3,(H,20,22,25). The fraction of sp³-hybridized carbons (Fsp3) is 0.368. The smallest absolute Gasteiger partial charge is 0.322 e. The van der Waals surface area contributed by atoms with Crippen molar-refractivity contribution in [1.82, 2.24) is 20.0 Å². The molecule has 0 aliphatic carbocycles. The third kappa shape index (κ3) is 4.30. The van der Waals surface area contributed by atoms with Crippen LogP contribution in [0.3, 0.4) is 0 Å². The van der Waals surface area contributed by atoms with Crippen molar-refractivity contribution in [2.45, 2.75) is 33.7 Å². The first-order valence-electron chi connectivity index (χ1n) is 9.11. The number of aromatic nitrogens is 4. The summed E-state index contributed by atoms with van der Waals surface area (Å²) in [7, 11) is 0. The highest BCUT2D eigenvalue weighted by Gasteiger charge is 2.16. The second-order valence-corrected chi connectivity index (χ2v) is 6.17. The Hall–Kier alpha value is -3.36. The third-order valence-corrected chi connectivity index (χ3v) is 3.81. The minimum Gasteiger partial charge on any atom is -0.490 e. The van der Waals surface area contributed by atoms with E-state index in [1.54, 1.807) is 35.1 Å². The molecule has 0 fully saturated rings. The van der Waals surface area contributed by atoms with Crippen LogP contribution in [0.25, 0.3) is 11.5 Å². The molecule has 0 bridgehead atoms. The van der Waals surface area contributed by atoms with Gasteiger partial charge >= 0.3 is 6.01 Å². The van der Waals surface area contributed by atoms with E-state index < -0.39 is 5.91 Å². The van der Waals surface area contributed by atoms with Crippen LogP contribution in [0.15, 0.2) is 34.9 Å². The molecule has 0 saturated carbocycles. The molecule has 9 nitrogen and oxygen atoms in total. The fourth-order valence-electron chi connectivity index (χ4n) is 2.48. The SMILES string of the molecule is CCOc1ccc(-c2nnc(NC(=O)c3ccn(C(C)C)n3)o2)cc1OCC. The lowest BCUT2D eigenvalue weighted by molar-refractivity contribution is 0.101. The van der Waals surface area contributed by atoms with Crippen molar-refractivity contribution in [2.24, 2.45) is 0 Å². The summed E-state index contributed by atoms with van der Waals surface area (Å²) < 4.78 is 18.4. The number of benzene rings is 1. The summed E-state index contributed by atoms with van der Waals surface area (Å²) in [5, 5.41) is 14.6. The number of hydrogen-bond acceptors (Lipinski definition) is 7. The molecular formula is C19H23N5O4. The van der Waals surface area contributed by atoms with E-state index in [4.69, 9.17) is 13.9 Å². The maximum absolute atomic E-state index is 12.3. The molecule has 3 aromatic rings. The van der Waals surface area contributed by atoms with Crippen molar-refractivity contribution < 1.29 is 18.7 Å². The number of anilines is 1. The minimum absolute atomic E-state index is 0.00839. The largest absolute Gasteiger partial charge is 0.490 e. The molecule has 2 aromatic heterocycles. The van der Waals surface area contributed by atoms with E-state index in [0.29, 0.717) is 30.3 Å². The molecule has 9 heteroatoms. The van der Waals surface area contributed by atoms with Gasteiger partial charge in [-0.15, -0.1) is 5.10 Å². The van der Waals surface area contributed by atoms with Gasteiger partial charge in [0, 0.05) is 17.8 Å². The molecule has 0 spiro atoms. The van der Waals surface area contributed by atoms with Gasteiger partial charge in [0.05, 0.1) is 13.2 Å². The van der Waals surface area contributed by atoms with Crippen LogP contribution < -0.4 is 14.8 Å². The van der Waals surface area contributed by atoms with E-state index in [1.807, 2.05) is 27.7 Å². The molecular weight excluding hydrogens is 362 g/mol. The maximum Gasteiger partial charge on any atom is 0.322 e. The Morgan fingerprint density at radius 3 is 2.57 bits per heavy atom. The summed E-state index contributed by atoms with van der Waals surface area (Å²) in [6.07, 6.45) is 1.74. The quantitative estimate of drug-likeness (QED) is 0.632. The van der Waals surface area contributed by atoms with Crippen molar-refractivity contribution >= 4 is 11.9 Å². The number of hydrogen-bond donors (Lipinski definition) is 1. The highest BCUT2D eigenvalue weighted by atomic mass is 16.5. The molecule has 1 aromatic carbocycles. The Kier molecular flexibility index (Phi) is 5.93. The molecule has 2 heterocycles. The van der Waals surface area contributed by atoms with Crippen LogP contribution in [-0.2, 0) is 0 Å². The van der Waals surface area contributed by atoms with Gasteiger partial charge in [-0.05, 0) is 52.0 Å². The summed E-state index contributed by atoms with van der Waals surface area (Å²) in [5.74, 6) is 1.06. The van der Waals surface area contributed by atoms with Crippen LogP contribution in [0.1, 0.15) is 44.2 Å². The summed E-state index contributed by atoms with van der Waals surface area (Å²) in [5.41, 5.74) is 0.928. The van der Waals surface area contributed by atoms with E-state index in [2.05, 4.69) is 20.6 Å². The average Bonchev–Trinajstić information content (AvgIpc) is 3.33. The lowest BCUT2D eigenvalue weighted by Crippen LogP contribution is -2.14. The van der Waals surface area contributed by atoms with E-state index in [-0.39, 0.29) is 23.6 Å². The van der Waals surface area contributed by atoms with Crippen molar-refractivity contribution in [2.75, 3.05) is 18.5 Å². The minimum atomic E-state index is -0.420. The number of nitrogens with zero attached hydrogens (tertiary/aromatic N) is 4. The second kappa shape index (κ2) is 8.55. The van der Waals surface area contributed by atoms with Gasteiger partial charge in [0.2, 0.25) is 5.89 Å². The number of nitrogens with one attached hydrogen (secondary N) is 1. The maximum atomic E-state index is 12.3. The monoisotopic (exact) mass is 385 g/mol. The van der Waals surface area contributed by atoms with Crippen LogP contribution >= 0.6 is 0 Å². The predicted octanol–water partition coefficient (Wildman–Crippen LogP) is 3.56.